The van der Waals surface area contributed by atoms with Crippen molar-refractivity contribution in [1.29, 1.82) is 0 Å². The van der Waals surface area contributed by atoms with E-state index in [1.54, 1.807) is 11.3 Å². The van der Waals surface area contributed by atoms with Crippen LogP contribution in [-0.2, 0) is 17.8 Å². The fraction of sp³-hybridized carbons (Fsp3) is 0.143. The second-order valence-electron chi connectivity index (χ2n) is 4.47. The van der Waals surface area contributed by atoms with Crippen molar-refractivity contribution in [3.8, 4) is 11.4 Å². The number of H-pyrrole nitrogens is 1. The summed E-state index contributed by atoms with van der Waals surface area (Å²) in [6, 6.07) is 11.6. The van der Waals surface area contributed by atoms with Crippen LogP contribution >= 0.6 is 11.3 Å². The number of aromatic amines is 1. The molecule has 0 aliphatic heterocycles. The standard InChI is InChI=1S/C14H13N5OS/c20-13(8-12-2-1-7-21-12)15-9-10-3-5-11(6-4-10)14-16-18-19-17-14/h1-7H,8-9H2,(H,15,20)(H,16,17,18,19). The molecule has 3 aromatic rings. The first kappa shape index (κ1) is 13.4. The van der Waals surface area contributed by atoms with E-state index >= 15 is 0 Å². The lowest BCUT2D eigenvalue weighted by molar-refractivity contribution is -0.120. The number of benzene rings is 1. The first-order valence-corrected chi connectivity index (χ1v) is 7.31. The summed E-state index contributed by atoms with van der Waals surface area (Å²) in [6.45, 7) is 0.511. The number of nitrogens with one attached hydrogen (secondary N) is 2. The number of aromatic nitrogens is 4. The van der Waals surface area contributed by atoms with Gasteiger partial charge in [0.15, 0.2) is 0 Å². The Bertz CT molecular complexity index is 692. The molecule has 21 heavy (non-hydrogen) atoms. The maximum atomic E-state index is 11.8. The van der Waals surface area contributed by atoms with Crippen molar-refractivity contribution in [3.05, 3.63) is 52.2 Å². The van der Waals surface area contributed by atoms with Gasteiger partial charge < -0.3 is 5.32 Å². The molecule has 2 aromatic heterocycles. The number of carbonyl (C=O) groups excluding carboxylic acids is 1. The summed E-state index contributed by atoms with van der Waals surface area (Å²) < 4.78 is 0. The highest BCUT2D eigenvalue weighted by atomic mass is 32.1. The average Bonchev–Trinajstić information content (AvgIpc) is 3.19. The SMILES string of the molecule is O=C(Cc1cccs1)NCc1ccc(-c2nn[nH]n2)cc1. The molecule has 7 heteroatoms. The molecule has 0 unspecified atom stereocenters. The number of thiophene rings is 1. The summed E-state index contributed by atoms with van der Waals surface area (Å²) in [5.41, 5.74) is 1.92. The number of hydrogen-bond acceptors (Lipinski definition) is 5. The summed E-state index contributed by atoms with van der Waals surface area (Å²) in [6.07, 6.45) is 0.429. The van der Waals surface area contributed by atoms with Gasteiger partial charge in [0.1, 0.15) is 0 Å². The molecule has 0 spiro atoms. The number of nitrogens with zero attached hydrogens (tertiary/aromatic N) is 3. The smallest absolute Gasteiger partial charge is 0.225 e. The lowest BCUT2D eigenvalue weighted by Crippen LogP contribution is -2.24. The summed E-state index contributed by atoms with van der Waals surface area (Å²) in [4.78, 5) is 12.9. The van der Waals surface area contributed by atoms with Gasteiger partial charge in [0.25, 0.3) is 0 Å². The number of carbonyl (C=O) groups is 1. The highest BCUT2D eigenvalue weighted by molar-refractivity contribution is 7.10. The van der Waals surface area contributed by atoms with Crippen LogP contribution in [0.1, 0.15) is 10.4 Å². The maximum absolute atomic E-state index is 11.8. The van der Waals surface area contributed by atoms with E-state index < -0.39 is 0 Å². The Hall–Kier alpha value is -2.54. The average molecular weight is 299 g/mol. The van der Waals surface area contributed by atoms with Crippen molar-refractivity contribution in [3.63, 3.8) is 0 Å². The quantitative estimate of drug-likeness (QED) is 0.752. The summed E-state index contributed by atoms with van der Waals surface area (Å²) in [7, 11) is 0. The molecular weight excluding hydrogens is 286 g/mol. The predicted molar refractivity (Wildman–Crippen MR) is 79.5 cm³/mol. The second kappa shape index (κ2) is 6.27. The molecule has 3 rings (SSSR count). The van der Waals surface area contributed by atoms with Gasteiger partial charge in [-0.05, 0) is 22.2 Å². The van der Waals surface area contributed by atoms with Crippen LogP contribution in [0.25, 0.3) is 11.4 Å². The molecule has 0 fully saturated rings. The minimum absolute atomic E-state index is 0.0275. The third-order valence-corrected chi connectivity index (χ3v) is 3.84. The molecule has 0 saturated heterocycles. The number of amides is 1. The molecule has 0 saturated carbocycles. The van der Waals surface area contributed by atoms with Crippen molar-refractivity contribution in [2.75, 3.05) is 0 Å². The fourth-order valence-corrected chi connectivity index (χ4v) is 2.59. The lowest BCUT2D eigenvalue weighted by Gasteiger charge is -2.05. The molecule has 6 nitrogen and oxygen atoms in total. The van der Waals surface area contributed by atoms with Gasteiger partial charge in [0, 0.05) is 17.0 Å². The molecule has 106 valence electrons. The molecule has 0 atom stereocenters. The highest BCUT2D eigenvalue weighted by Gasteiger charge is 2.05. The Labute approximate surface area is 125 Å². The number of rotatable bonds is 5. The van der Waals surface area contributed by atoms with Crippen molar-refractivity contribution in [2.45, 2.75) is 13.0 Å². The van der Waals surface area contributed by atoms with E-state index in [9.17, 15) is 4.79 Å². The van der Waals surface area contributed by atoms with Crippen molar-refractivity contribution in [1.82, 2.24) is 25.9 Å². The Morgan fingerprint density at radius 1 is 1.24 bits per heavy atom. The zero-order valence-corrected chi connectivity index (χ0v) is 11.9. The van der Waals surface area contributed by atoms with Crippen LogP contribution in [0, 0.1) is 0 Å². The molecule has 0 aliphatic rings. The largest absolute Gasteiger partial charge is 0.352 e. The second-order valence-corrected chi connectivity index (χ2v) is 5.50. The van der Waals surface area contributed by atoms with Gasteiger partial charge >= 0.3 is 0 Å². The van der Waals surface area contributed by atoms with E-state index in [0.29, 0.717) is 18.8 Å². The molecule has 0 radical (unpaired) electrons. The van der Waals surface area contributed by atoms with Gasteiger partial charge in [-0.15, -0.1) is 21.5 Å². The van der Waals surface area contributed by atoms with Crippen LogP contribution in [0.2, 0.25) is 0 Å². The molecule has 0 aliphatic carbocycles. The Morgan fingerprint density at radius 3 is 2.76 bits per heavy atom. The maximum Gasteiger partial charge on any atom is 0.225 e. The molecule has 0 bridgehead atoms. The van der Waals surface area contributed by atoms with Crippen molar-refractivity contribution in [2.24, 2.45) is 0 Å². The number of hydrogen-bond donors (Lipinski definition) is 2. The van der Waals surface area contributed by atoms with Crippen molar-refractivity contribution >= 4 is 17.2 Å². The third-order valence-electron chi connectivity index (χ3n) is 2.96. The van der Waals surface area contributed by atoms with Gasteiger partial charge in [-0.1, -0.05) is 30.3 Å². The van der Waals surface area contributed by atoms with Gasteiger partial charge in [-0.25, -0.2) is 0 Å². The van der Waals surface area contributed by atoms with Crippen LogP contribution < -0.4 is 5.32 Å². The molecule has 1 aromatic carbocycles. The van der Waals surface area contributed by atoms with Gasteiger partial charge in [-0.2, -0.15) is 5.21 Å². The monoisotopic (exact) mass is 299 g/mol. The topological polar surface area (TPSA) is 83.6 Å². The van der Waals surface area contributed by atoms with Crippen LogP contribution in [0.3, 0.4) is 0 Å². The van der Waals surface area contributed by atoms with Crippen LogP contribution in [0.5, 0.6) is 0 Å². The van der Waals surface area contributed by atoms with E-state index in [2.05, 4.69) is 25.9 Å². The number of tetrazole rings is 1. The highest BCUT2D eigenvalue weighted by Crippen LogP contribution is 2.14. The molecule has 2 N–H and O–H groups in total. The summed E-state index contributed by atoms with van der Waals surface area (Å²) >= 11 is 1.59. The first-order valence-electron chi connectivity index (χ1n) is 6.43. The predicted octanol–water partition coefficient (Wildman–Crippen LogP) is 1.79. The molecule has 1 amide bonds. The Balaban J connectivity index is 1.55. The molecular formula is C14H13N5OS. The fourth-order valence-electron chi connectivity index (χ4n) is 1.89. The zero-order valence-electron chi connectivity index (χ0n) is 11.1. The van der Waals surface area contributed by atoms with Crippen molar-refractivity contribution < 1.29 is 4.79 Å². The zero-order chi connectivity index (χ0) is 14.5. The lowest BCUT2D eigenvalue weighted by atomic mass is 10.1. The van der Waals surface area contributed by atoms with E-state index in [1.165, 1.54) is 0 Å². The van der Waals surface area contributed by atoms with Crippen LogP contribution in [0.15, 0.2) is 41.8 Å². The van der Waals surface area contributed by atoms with E-state index in [1.807, 2.05) is 41.8 Å². The van der Waals surface area contributed by atoms with Gasteiger partial charge in [0.05, 0.1) is 6.42 Å². The van der Waals surface area contributed by atoms with E-state index in [4.69, 9.17) is 0 Å². The normalized spacial score (nSPS) is 10.5. The Kier molecular flexibility index (Phi) is 4.02. The summed E-state index contributed by atoms with van der Waals surface area (Å²) in [5.74, 6) is 0.586. The minimum Gasteiger partial charge on any atom is -0.352 e. The van der Waals surface area contributed by atoms with E-state index in [-0.39, 0.29) is 5.91 Å². The Morgan fingerprint density at radius 2 is 2.10 bits per heavy atom. The molecule has 2 heterocycles. The summed E-state index contributed by atoms with van der Waals surface area (Å²) in [5, 5.41) is 18.7. The van der Waals surface area contributed by atoms with Gasteiger partial charge in [-0.3, -0.25) is 4.79 Å². The third kappa shape index (κ3) is 3.51. The minimum atomic E-state index is 0.0275. The van der Waals surface area contributed by atoms with Crippen LogP contribution in [0.4, 0.5) is 0 Å². The van der Waals surface area contributed by atoms with Gasteiger partial charge in [0.2, 0.25) is 11.7 Å². The van der Waals surface area contributed by atoms with Crippen LogP contribution in [-0.4, -0.2) is 26.5 Å². The van der Waals surface area contributed by atoms with E-state index in [0.717, 1.165) is 16.0 Å². The first-order chi connectivity index (χ1) is 10.3.